The molecule has 0 aromatic heterocycles. The zero-order valence-corrected chi connectivity index (χ0v) is 25.7. The minimum absolute atomic E-state index is 0.0651. The second-order valence-corrected chi connectivity index (χ2v) is 10.8. The number of nitrogens with one attached hydrogen (secondary N) is 2. The van der Waals surface area contributed by atoms with Crippen molar-refractivity contribution in [2.75, 3.05) is 13.2 Å². The number of esters is 1. The van der Waals surface area contributed by atoms with Gasteiger partial charge >= 0.3 is 5.97 Å². The molecule has 0 spiro atoms. The first-order valence-electron chi connectivity index (χ1n) is 15.3. The Kier molecular flexibility index (Phi) is 15.1. The van der Waals surface area contributed by atoms with Crippen molar-refractivity contribution in [3.8, 4) is 5.75 Å². The summed E-state index contributed by atoms with van der Waals surface area (Å²) in [6.07, 6.45) is 4.88. The van der Waals surface area contributed by atoms with Crippen LogP contribution in [0.25, 0.3) is 0 Å². The van der Waals surface area contributed by atoms with Gasteiger partial charge in [-0.1, -0.05) is 84.9 Å². The quantitative estimate of drug-likeness (QED) is 0.0867. The van der Waals surface area contributed by atoms with Crippen LogP contribution in [0.15, 0.2) is 110 Å². The number of aliphatic hydroxyl groups is 1. The minimum Gasteiger partial charge on any atom is -0.489 e. The molecule has 3 aromatic rings. The van der Waals surface area contributed by atoms with Crippen LogP contribution in [-0.4, -0.2) is 42.1 Å². The molecule has 0 unspecified atom stereocenters. The van der Waals surface area contributed by atoms with E-state index in [2.05, 4.69) is 23.8 Å². The van der Waals surface area contributed by atoms with E-state index in [1.807, 2.05) is 84.9 Å². The highest BCUT2D eigenvalue weighted by molar-refractivity contribution is 5.86. The Morgan fingerprint density at radius 3 is 2.20 bits per heavy atom. The van der Waals surface area contributed by atoms with E-state index >= 15 is 0 Å². The molecule has 0 heterocycles. The van der Waals surface area contributed by atoms with Gasteiger partial charge in [0.15, 0.2) is 0 Å². The van der Waals surface area contributed by atoms with Gasteiger partial charge in [0.05, 0.1) is 25.1 Å². The topological polar surface area (TPSA) is 114 Å². The van der Waals surface area contributed by atoms with E-state index in [0.717, 1.165) is 22.4 Å². The zero-order chi connectivity index (χ0) is 32.3. The number of rotatable bonds is 20. The summed E-state index contributed by atoms with van der Waals surface area (Å²) in [5, 5.41) is 15.7. The summed E-state index contributed by atoms with van der Waals surface area (Å²) in [6.45, 7) is 7.68. The maximum Gasteiger partial charge on any atom is 0.306 e. The molecule has 3 N–H and O–H groups in total. The lowest BCUT2D eigenvalue weighted by Gasteiger charge is -2.22. The van der Waals surface area contributed by atoms with E-state index in [1.54, 1.807) is 12.2 Å². The van der Waals surface area contributed by atoms with E-state index in [4.69, 9.17) is 9.47 Å². The molecular weight excluding hydrogens is 568 g/mol. The lowest BCUT2D eigenvalue weighted by molar-refractivity contribution is -0.150. The van der Waals surface area contributed by atoms with Crippen LogP contribution in [0.4, 0.5) is 0 Å². The summed E-state index contributed by atoms with van der Waals surface area (Å²) in [4.78, 5) is 38.6. The molecule has 0 aliphatic heterocycles. The van der Waals surface area contributed by atoms with Crippen molar-refractivity contribution in [3.63, 3.8) is 0 Å². The average Bonchev–Trinajstić information content (AvgIpc) is 3.06. The average molecular weight is 613 g/mol. The first-order valence-corrected chi connectivity index (χ1v) is 15.3. The Bertz CT molecular complexity index is 1340. The van der Waals surface area contributed by atoms with Crippen LogP contribution in [0.2, 0.25) is 0 Å². The molecule has 3 atom stereocenters. The van der Waals surface area contributed by atoms with Crippen LogP contribution in [0.5, 0.6) is 5.75 Å². The molecule has 0 bridgehead atoms. The van der Waals surface area contributed by atoms with Gasteiger partial charge in [-0.05, 0) is 54.5 Å². The van der Waals surface area contributed by atoms with Crippen LogP contribution in [0, 0.1) is 5.92 Å². The lowest BCUT2D eigenvalue weighted by atomic mass is 9.98. The fraction of sp³-hybridized carbons (Fsp3) is 0.324. The van der Waals surface area contributed by atoms with Crippen LogP contribution in [0.1, 0.15) is 54.9 Å². The summed E-state index contributed by atoms with van der Waals surface area (Å²) >= 11 is 0. The van der Waals surface area contributed by atoms with E-state index in [1.165, 1.54) is 0 Å². The number of unbranched alkanes of at least 4 members (excludes halogenated alkanes) is 1. The van der Waals surface area contributed by atoms with E-state index in [-0.39, 0.29) is 50.2 Å². The highest BCUT2D eigenvalue weighted by atomic mass is 16.5. The Morgan fingerprint density at radius 2 is 1.56 bits per heavy atom. The predicted octanol–water partition coefficient (Wildman–Crippen LogP) is 5.62. The Morgan fingerprint density at radius 1 is 0.867 bits per heavy atom. The van der Waals surface area contributed by atoms with Gasteiger partial charge in [0.25, 0.3) is 0 Å². The minimum atomic E-state index is -0.678. The fourth-order valence-corrected chi connectivity index (χ4v) is 4.74. The first kappa shape index (κ1) is 34.8. The van der Waals surface area contributed by atoms with Crippen molar-refractivity contribution < 1.29 is 29.0 Å². The van der Waals surface area contributed by atoms with Crippen LogP contribution in [0.3, 0.4) is 0 Å². The zero-order valence-electron chi connectivity index (χ0n) is 25.7. The molecule has 0 aliphatic rings. The van der Waals surface area contributed by atoms with Crippen LogP contribution in [-0.2, 0) is 32.1 Å². The number of hydrogen-bond acceptors (Lipinski definition) is 6. The molecule has 8 nitrogen and oxygen atoms in total. The van der Waals surface area contributed by atoms with Crippen LogP contribution >= 0.6 is 0 Å². The normalized spacial score (nSPS) is 12.6. The van der Waals surface area contributed by atoms with Crippen molar-refractivity contribution in [2.24, 2.45) is 5.92 Å². The maximum atomic E-state index is 13.2. The summed E-state index contributed by atoms with van der Waals surface area (Å²) in [7, 11) is 0. The third kappa shape index (κ3) is 12.8. The number of hydrogen-bond donors (Lipinski definition) is 3. The van der Waals surface area contributed by atoms with E-state index in [9.17, 15) is 19.5 Å². The number of allylic oxidation sites excluding steroid dienone is 2. The molecule has 3 rings (SSSR count). The summed E-state index contributed by atoms with van der Waals surface area (Å²) < 4.78 is 11.5. The first-order chi connectivity index (χ1) is 21.9. The van der Waals surface area contributed by atoms with Gasteiger partial charge in [0.1, 0.15) is 18.5 Å². The van der Waals surface area contributed by atoms with E-state index < -0.39 is 18.1 Å². The second kappa shape index (κ2) is 19.6. The summed E-state index contributed by atoms with van der Waals surface area (Å²) in [6, 6.07) is 26.1. The molecule has 0 aliphatic carbocycles. The summed E-state index contributed by atoms with van der Waals surface area (Å²) in [5.41, 5.74) is 2.75. The number of amides is 2. The van der Waals surface area contributed by atoms with Gasteiger partial charge in [-0.2, -0.15) is 0 Å². The number of carbonyl (C=O) groups is 3. The van der Waals surface area contributed by atoms with Gasteiger partial charge in [-0.25, -0.2) is 0 Å². The van der Waals surface area contributed by atoms with Crippen molar-refractivity contribution in [3.05, 3.63) is 127 Å². The van der Waals surface area contributed by atoms with Gasteiger partial charge < -0.3 is 25.2 Å². The molecule has 0 saturated heterocycles. The number of ether oxygens (including phenoxy) is 2. The molecule has 2 amide bonds. The highest BCUT2D eigenvalue weighted by Gasteiger charge is 2.24. The molecule has 238 valence electrons. The third-order valence-electron chi connectivity index (χ3n) is 7.19. The smallest absolute Gasteiger partial charge is 0.306 e. The van der Waals surface area contributed by atoms with Gasteiger partial charge in [-0.15, -0.1) is 13.2 Å². The fourth-order valence-electron chi connectivity index (χ4n) is 4.74. The molecule has 0 fully saturated rings. The SMILES string of the molecule is C=CCCCC(=O)O[C@H](CNC(=O)[C@H](CC=C)CC(=O)N[C@H](CO)Cc1ccc(OCc2ccccc2)cc1)c1ccccc1. The van der Waals surface area contributed by atoms with E-state index in [0.29, 0.717) is 25.9 Å². The molecule has 0 radical (unpaired) electrons. The summed E-state index contributed by atoms with van der Waals surface area (Å²) in [5.74, 6) is -1.01. The molecular formula is C37H44N2O6. The number of aliphatic hydroxyl groups excluding tert-OH is 1. The lowest BCUT2D eigenvalue weighted by Crippen LogP contribution is -2.42. The largest absolute Gasteiger partial charge is 0.489 e. The molecule has 0 saturated carbocycles. The highest BCUT2D eigenvalue weighted by Crippen LogP contribution is 2.19. The molecule has 45 heavy (non-hydrogen) atoms. The van der Waals surface area contributed by atoms with Crippen molar-refractivity contribution in [1.82, 2.24) is 10.6 Å². The number of benzene rings is 3. The van der Waals surface area contributed by atoms with Gasteiger partial charge in [0, 0.05) is 12.8 Å². The maximum absolute atomic E-state index is 13.2. The molecule has 3 aromatic carbocycles. The second-order valence-electron chi connectivity index (χ2n) is 10.8. The third-order valence-corrected chi connectivity index (χ3v) is 7.19. The standard InChI is InChI=1S/C37H44N2O6/c1-3-5-8-18-36(42)45-34(30-16-11-7-12-17-30)25-38-37(43)31(13-4-2)24-35(41)39-32(26-40)23-28-19-21-33(22-20-28)44-27-29-14-9-6-10-15-29/h3-4,6-7,9-12,14-17,19-22,31-32,34,40H,1-2,5,8,13,18,23-27H2,(H,38,43)(H,39,41)/t31-,32+,34-/m1/s1. The van der Waals surface area contributed by atoms with Crippen molar-refractivity contribution in [2.45, 2.75) is 57.3 Å². The number of carbonyl (C=O) groups excluding carboxylic acids is 3. The van der Waals surface area contributed by atoms with Gasteiger partial charge in [-0.3, -0.25) is 14.4 Å². The molecule has 8 heteroatoms. The van der Waals surface area contributed by atoms with Crippen molar-refractivity contribution >= 4 is 17.8 Å². The predicted molar refractivity (Wildman–Crippen MR) is 175 cm³/mol. The van der Waals surface area contributed by atoms with Crippen LogP contribution < -0.4 is 15.4 Å². The van der Waals surface area contributed by atoms with Crippen molar-refractivity contribution in [1.29, 1.82) is 0 Å². The Hall–Kier alpha value is -4.69. The van der Waals surface area contributed by atoms with Gasteiger partial charge in [0.2, 0.25) is 11.8 Å². The Labute approximate surface area is 266 Å². The monoisotopic (exact) mass is 612 g/mol. The Balaban J connectivity index is 1.52.